The quantitative estimate of drug-likeness (QED) is 0.783. The van der Waals surface area contributed by atoms with E-state index in [0.29, 0.717) is 13.0 Å². The van der Waals surface area contributed by atoms with Crippen molar-refractivity contribution in [3.8, 4) is 0 Å². The molecule has 0 radical (unpaired) electrons. The maximum Gasteiger partial charge on any atom is 0.255 e. The third-order valence-electron chi connectivity index (χ3n) is 3.32. The number of nitrogens with one attached hydrogen (secondary N) is 1. The molecule has 0 aliphatic rings. The van der Waals surface area contributed by atoms with Crippen LogP contribution < -0.4 is 5.32 Å². The van der Waals surface area contributed by atoms with Gasteiger partial charge in [-0.05, 0) is 24.3 Å². The van der Waals surface area contributed by atoms with Gasteiger partial charge in [-0.25, -0.2) is 4.39 Å². The van der Waals surface area contributed by atoms with Crippen LogP contribution in [0.15, 0.2) is 52.9 Å². The molecule has 2 aromatic carbocycles. The fourth-order valence-electron chi connectivity index (χ4n) is 2.26. The highest BCUT2D eigenvalue weighted by atomic mass is 35.5. The lowest BCUT2D eigenvalue weighted by molar-refractivity contribution is 0.0950. The van der Waals surface area contributed by atoms with Crippen molar-refractivity contribution in [2.24, 2.45) is 0 Å². The summed E-state index contributed by atoms with van der Waals surface area (Å²) in [7, 11) is 0. The van der Waals surface area contributed by atoms with Gasteiger partial charge in [0.15, 0.2) is 0 Å². The number of furan rings is 1. The van der Waals surface area contributed by atoms with E-state index in [2.05, 4.69) is 5.32 Å². The van der Waals surface area contributed by atoms with Crippen molar-refractivity contribution in [3.05, 3.63) is 70.7 Å². The zero-order chi connectivity index (χ0) is 15.5. The summed E-state index contributed by atoms with van der Waals surface area (Å²) in [6.45, 7) is 0.337. The van der Waals surface area contributed by atoms with Crippen molar-refractivity contribution in [2.45, 2.75) is 6.42 Å². The van der Waals surface area contributed by atoms with Gasteiger partial charge in [-0.15, -0.1) is 0 Å². The Bertz CT molecular complexity index is 775. The molecular weight excluding hydrogens is 305 g/mol. The van der Waals surface area contributed by atoms with Crippen LogP contribution in [-0.2, 0) is 6.42 Å². The SMILES string of the molecule is O=C(NCCc1cc2ccccc2o1)c1c(F)cccc1Cl. The second-order valence-corrected chi connectivity index (χ2v) is 5.26. The molecule has 0 aliphatic heterocycles. The molecule has 0 fully saturated rings. The molecule has 22 heavy (non-hydrogen) atoms. The van der Waals surface area contributed by atoms with Gasteiger partial charge in [0.05, 0.1) is 10.6 Å². The average Bonchev–Trinajstić information content (AvgIpc) is 2.89. The van der Waals surface area contributed by atoms with E-state index in [9.17, 15) is 9.18 Å². The minimum atomic E-state index is -0.631. The molecule has 1 aromatic heterocycles. The normalized spacial score (nSPS) is 10.8. The van der Waals surface area contributed by atoms with E-state index < -0.39 is 11.7 Å². The number of rotatable bonds is 4. The van der Waals surface area contributed by atoms with Gasteiger partial charge in [-0.2, -0.15) is 0 Å². The van der Waals surface area contributed by atoms with Crippen LogP contribution in [0.3, 0.4) is 0 Å². The summed E-state index contributed by atoms with van der Waals surface area (Å²) in [4.78, 5) is 12.0. The van der Waals surface area contributed by atoms with E-state index in [4.69, 9.17) is 16.0 Å². The minimum Gasteiger partial charge on any atom is -0.461 e. The maximum atomic E-state index is 13.6. The van der Waals surface area contributed by atoms with Crippen molar-refractivity contribution in [1.29, 1.82) is 0 Å². The van der Waals surface area contributed by atoms with Gasteiger partial charge < -0.3 is 9.73 Å². The number of benzene rings is 2. The van der Waals surface area contributed by atoms with Crippen molar-refractivity contribution in [1.82, 2.24) is 5.32 Å². The zero-order valence-electron chi connectivity index (χ0n) is 11.6. The lowest BCUT2D eigenvalue weighted by atomic mass is 10.2. The number of fused-ring (bicyclic) bond motifs is 1. The summed E-state index contributed by atoms with van der Waals surface area (Å²) in [6, 6.07) is 13.8. The Balaban J connectivity index is 1.64. The molecule has 0 spiro atoms. The number of amides is 1. The van der Waals surface area contributed by atoms with E-state index in [0.717, 1.165) is 16.7 Å². The molecule has 3 nitrogen and oxygen atoms in total. The summed E-state index contributed by atoms with van der Waals surface area (Å²) < 4.78 is 19.3. The monoisotopic (exact) mass is 317 g/mol. The van der Waals surface area contributed by atoms with Crippen LogP contribution >= 0.6 is 11.6 Å². The fraction of sp³-hybridized carbons (Fsp3) is 0.118. The molecule has 0 bridgehead atoms. The van der Waals surface area contributed by atoms with Crippen LogP contribution in [0.2, 0.25) is 5.02 Å². The molecule has 0 aliphatic carbocycles. The van der Waals surface area contributed by atoms with Gasteiger partial charge in [0.1, 0.15) is 17.2 Å². The van der Waals surface area contributed by atoms with E-state index in [1.807, 2.05) is 30.3 Å². The Hall–Kier alpha value is -2.33. The first kappa shape index (κ1) is 14.6. The highest BCUT2D eigenvalue weighted by molar-refractivity contribution is 6.33. The van der Waals surface area contributed by atoms with E-state index in [-0.39, 0.29) is 10.6 Å². The first-order chi connectivity index (χ1) is 10.6. The molecular formula is C17H13ClFNO2. The fourth-order valence-corrected chi connectivity index (χ4v) is 2.51. The molecule has 5 heteroatoms. The van der Waals surface area contributed by atoms with E-state index in [1.165, 1.54) is 18.2 Å². The van der Waals surface area contributed by atoms with Crippen molar-refractivity contribution < 1.29 is 13.6 Å². The molecule has 3 aromatic rings. The van der Waals surface area contributed by atoms with Crippen LogP contribution in [0, 0.1) is 5.82 Å². The first-order valence-electron chi connectivity index (χ1n) is 6.85. The van der Waals surface area contributed by atoms with Crippen molar-refractivity contribution in [2.75, 3.05) is 6.54 Å². The topological polar surface area (TPSA) is 42.2 Å². The molecule has 1 amide bonds. The Kier molecular flexibility index (Phi) is 4.11. The van der Waals surface area contributed by atoms with Gasteiger partial charge in [0.25, 0.3) is 5.91 Å². The molecule has 0 unspecified atom stereocenters. The molecule has 0 atom stereocenters. The molecule has 0 saturated heterocycles. The van der Waals surface area contributed by atoms with Crippen molar-refractivity contribution >= 4 is 28.5 Å². The predicted octanol–water partition coefficient (Wildman–Crippen LogP) is 4.20. The average molecular weight is 318 g/mol. The molecule has 112 valence electrons. The Labute approximate surface area is 131 Å². The minimum absolute atomic E-state index is 0.0984. The molecule has 0 saturated carbocycles. The second kappa shape index (κ2) is 6.20. The number of carbonyl (C=O) groups is 1. The zero-order valence-corrected chi connectivity index (χ0v) is 12.4. The van der Waals surface area contributed by atoms with Gasteiger partial charge in [0.2, 0.25) is 0 Å². The Morgan fingerprint density at radius 3 is 2.77 bits per heavy atom. The largest absolute Gasteiger partial charge is 0.461 e. The highest BCUT2D eigenvalue weighted by Gasteiger charge is 2.15. The standard InChI is InChI=1S/C17H13ClFNO2/c18-13-5-3-6-14(19)16(13)17(21)20-9-8-12-10-11-4-1-2-7-15(11)22-12/h1-7,10H,8-9H2,(H,20,21). The Morgan fingerprint density at radius 1 is 1.18 bits per heavy atom. The number of hydrogen-bond acceptors (Lipinski definition) is 2. The third kappa shape index (κ3) is 2.97. The van der Waals surface area contributed by atoms with E-state index in [1.54, 1.807) is 0 Å². The summed E-state index contributed by atoms with van der Waals surface area (Å²) in [5, 5.41) is 3.76. The van der Waals surface area contributed by atoms with Crippen LogP contribution in [0.4, 0.5) is 4.39 Å². The summed E-state index contributed by atoms with van der Waals surface area (Å²) in [6.07, 6.45) is 0.520. The third-order valence-corrected chi connectivity index (χ3v) is 3.64. The van der Waals surface area contributed by atoms with Crippen LogP contribution in [0.25, 0.3) is 11.0 Å². The van der Waals surface area contributed by atoms with Crippen LogP contribution in [0.5, 0.6) is 0 Å². The van der Waals surface area contributed by atoms with Crippen LogP contribution in [0.1, 0.15) is 16.1 Å². The summed E-state index contributed by atoms with van der Waals surface area (Å²) in [5.41, 5.74) is 0.676. The molecule has 1 heterocycles. The van der Waals surface area contributed by atoms with Gasteiger partial charge in [-0.1, -0.05) is 35.9 Å². The number of carbonyl (C=O) groups excluding carboxylic acids is 1. The highest BCUT2D eigenvalue weighted by Crippen LogP contribution is 2.20. The molecule has 3 rings (SSSR count). The molecule has 1 N–H and O–H groups in total. The lowest BCUT2D eigenvalue weighted by Crippen LogP contribution is -2.26. The number of hydrogen-bond donors (Lipinski definition) is 1. The van der Waals surface area contributed by atoms with E-state index >= 15 is 0 Å². The number of para-hydroxylation sites is 1. The van der Waals surface area contributed by atoms with Gasteiger partial charge in [-0.3, -0.25) is 4.79 Å². The summed E-state index contributed by atoms with van der Waals surface area (Å²) >= 11 is 5.85. The Morgan fingerprint density at radius 2 is 2.00 bits per heavy atom. The smallest absolute Gasteiger partial charge is 0.255 e. The maximum absolute atomic E-state index is 13.6. The predicted molar refractivity (Wildman–Crippen MR) is 83.7 cm³/mol. The van der Waals surface area contributed by atoms with Crippen molar-refractivity contribution in [3.63, 3.8) is 0 Å². The second-order valence-electron chi connectivity index (χ2n) is 4.85. The first-order valence-corrected chi connectivity index (χ1v) is 7.22. The van der Waals surface area contributed by atoms with Gasteiger partial charge >= 0.3 is 0 Å². The lowest BCUT2D eigenvalue weighted by Gasteiger charge is -2.06. The van der Waals surface area contributed by atoms with Crippen LogP contribution in [-0.4, -0.2) is 12.5 Å². The summed E-state index contributed by atoms with van der Waals surface area (Å²) in [5.74, 6) is -0.394. The van der Waals surface area contributed by atoms with Gasteiger partial charge in [0, 0.05) is 18.4 Å². The number of halogens is 2.